The summed E-state index contributed by atoms with van der Waals surface area (Å²) in [5.74, 6) is -0.0964. The van der Waals surface area contributed by atoms with Gasteiger partial charge in [-0.3, -0.25) is 9.69 Å². The van der Waals surface area contributed by atoms with E-state index in [1.54, 1.807) is 0 Å². The van der Waals surface area contributed by atoms with Crippen LogP contribution in [0.15, 0.2) is 48.5 Å². The zero-order chi connectivity index (χ0) is 16.8. The molecule has 0 aliphatic carbocycles. The van der Waals surface area contributed by atoms with Crippen molar-refractivity contribution >= 4 is 11.6 Å². The molecule has 2 aromatic rings. The molecule has 1 amide bonds. The minimum Gasteiger partial charge on any atom is -0.395 e. The van der Waals surface area contributed by atoms with Gasteiger partial charge in [-0.25, -0.2) is 0 Å². The number of aliphatic hydroxyl groups is 1. The molecule has 0 bridgehead atoms. The molecule has 23 heavy (non-hydrogen) atoms. The third-order valence-corrected chi connectivity index (χ3v) is 3.91. The number of likely N-dealkylation sites (N-methyl/N-ethyl adjacent to an activating group) is 1. The highest BCUT2D eigenvalue weighted by molar-refractivity contribution is 5.96. The second-order valence-corrected chi connectivity index (χ2v) is 5.83. The van der Waals surface area contributed by atoms with Crippen LogP contribution in [0.25, 0.3) is 0 Å². The van der Waals surface area contributed by atoms with Crippen LogP contribution in [0.2, 0.25) is 0 Å². The van der Waals surface area contributed by atoms with E-state index in [1.807, 2.05) is 74.3 Å². The van der Waals surface area contributed by atoms with E-state index in [-0.39, 0.29) is 12.5 Å². The monoisotopic (exact) mass is 312 g/mol. The van der Waals surface area contributed by atoms with Crippen molar-refractivity contribution in [3.8, 4) is 0 Å². The van der Waals surface area contributed by atoms with E-state index in [2.05, 4.69) is 5.32 Å². The lowest BCUT2D eigenvalue weighted by Gasteiger charge is -2.27. The van der Waals surface area contributed by atoms with Crippen molar-refractivity contribution in [1.82, 2.24) is 4.90 Å². The van der Waals surface area contributed by atoms with Crippen LogP contribution in [0.5, 0.6) is 0 Å². The smallest absolute Gasteiger partial charge is 0.246 e. The Bertz CT molecular complexity index is 656. The zero-order valence-electron chi connectivity index (χ0n) is 13.9. The molecule has 0 saturated carbocycles. The number of amides is 1. The van der Waals surface area contributed by atoms with Gasteiger partial charge in [-0.1, -0.05) is 42.5 Å². The first-order chi connectivity index (χ1) is 11.0. The van der Waals surface area contributed by atoms with Crippen LogP contribution < -0.4 is 5.32 Å². The first kappa shape index (κ1) is 17.2. The Morgan fingerprint density at radius 2 is 1.87 bits per heavy atom. The molecule has 0 aliphatic rings. The van der Waals surface area contributed by atoms with Gasteiger partial charge in [0.2, 0.25) is 5.91 Å². The average molecular weight is 312 g/mol. The van der Waals surface area contributed by atoms with Crippen molar-refractivity contribution in [3.63, 3.8) is 0 Å². The normalized spacial score (nSPS) is 12.2. The van der Waals surface area contributed by atoms with Crippen LogP contribution in [-0.4, -0.2) is 36.1 Å². The van der Waals surface area contributed by atoms with Crippen LogP contribution >= 0.6 is 0 Å². The van der Waals surface area contributed by atoms with E-state index in [0.29, 0.717) is 6.54 Å². The predicted octanol–water partition coefficient (Wildman–Crippen LogP) is 2.91. The van der Waals surface area contributed by atoms with Crippen LogP contribution in [-0.2, 0) is 4.79 Å². The molecule has 4 nitrogen and oxygen atoms in total. The van der Waals surface area contributed by atoms with Crippen molar-refractivity contribution in [2.45, 2.75) is 19.9 Å². The summed E-state index contributed by atoms with van der Waals surface area (Å²) in [6, 6.07) is 15.2. The molecular formula is C19H24N2O2. The summed E-state index contributed by atoms with van der Waals surface area (Å²) in [6.07, 6.45) is 0. The van der Waals surface area contributed by atoms with Gasteiger partial charge in [-0.05, 0) is 43.7 Å². The Morgan fingerprint density at radius 3 is 2.52 bits per heavy atom. The number of anilines is 1. The van der Waals surface area contributed by atoms with Gasteiger partial charge >= 0.3 is 0 Å². The molecular weight excluding hydrogens is 288 g/mol. The molecule has 0 fully saturated rings. The summed E-state index contributed by atoms with van der Waals surface area (Å²) >= 11 is 0. The lowest BCUT2D eigenvalue weighted by molar-refractivity contribution is -0.121. The maximum atomic E-state index is 12.9. The van der Waals surface area contributed by atoms with Crippen LogP contribution in [0.1, 0.15) is 22.7 Å². The third kappa shape index (κ3) is 4.41. The molecule has 0 radical (unpaired) electrons. The fourth-order valence-electron chi connectivity index (χ4n) is 2.60. The number of carbonyl (C=O) groups excluding carboxylic acids is 1. The largest absolute Gasteiger partial charge is 0.395 e. The summed E-state index contributed by atoms with van der Waals surface area (Å²) in [5.41, 5.74) is 3.87. The molecule has 0 saturated heterocycles. The minimum atomic E-state index is -0.441. The Morgan fingerprint density at radius 1 is 1.17 bits per heavy atom. The van der Waals surface area contributed by atoms with E-state index in [9.17, 15) is 9.90 Å². The fourth-order valence-corrected chi connectivity index (χ4v) is 2.60. The standard InChI is InChI=1S/C19H24N2O2/c1-14-9-10-15(2)17(13-14)20-19(23)18(21(3)11-12-22)16-7-5-4-6-8-16/h4-10,13,18,22H,11-12H2,1-3H3,(H,20,23). The lowest BCUT2D eigenvalue weighted by Crippen LogP contribution is -2.36. The van der Waals surface area contributed by atoms with Crippen molar-refractivity contribution in [2.75, 3.05) is 25.5 Å². The number of hydrogen-bond acceptors (Lipinski definition) is 3. The van der Waals surface area contributed by atoms with Crippen LogP contribution in [0, 0.1) is 13.8 Å². The fraction of sp³-hybridized carbons (Fsp3) is 0.316. The molecule has 1 unspecified atom stereocenters. The maximum Gasteiger partial charge on any atom is 0.246 e. The molecule has 0 aromatic heterocycles. The van der Waals surface area contributed by atoms with Crippen molar-refractivity contribution in [3.05, 3.63) is 65.2 Å². The molecule has 0 spiro atoms. The third-order valence-electron chi connectivity index (χ3n) is 3.91. The second kappa shape index (κ2) is 7.90. The lowest BCUT2D eigenvalue weighted by atomic mass is 10.0. The van der Waals surface area contributed by atoms with E-state index < -0.39 is 6.04 Å². The molecule has 0 aliphatic heterocycles. The van der Waals surface area contributed by atoms with Gasteiger partial charge in [0, 0.05) is 12.2 Å². The van der Waals surface area contributed by atoms with Gasteiger partial charge < -0.3 is 10.4 Å². The van der Waals surface area contributed by atoms with Crippen LogP contribution in [0.4, 0.5) is 5.69 Å². The summed E-state index contributed by atoms with van der Waals surface area (Å²) in [4.78, 5) is 14.7. The summed E-state index contributed by atoms with van der Waals surface area (Å²) in [5, 5.41) is 12.2. The molecule has 2 rings (SSSR count). The number of benzene rings is 2. The van der Waals surface area contributed by atoms with E-state index >= 15 is 0 Å². The van der Waals surface area contributed by atoms with Crippen molar-refractivity contribution in [1.29, 1.82) is 0 Å². The second-order valence-electron chi connectivity index (χ2n) is 5.83. The summed E-state index contributed by atoms with van der Waals surface area (Å²) in [6.45, 7) is 4.42. The van der Waals surface area contributed by atoms with E-state index in [0.717, 1.165) is 22.4 Å². The maximum absolute atomic E-state index is 12.9. The van der Waals surface area contributed by atoms with Crippen molar-refractivity contribution < 1.29 is 9.90 Å². The van der Waals surface area contributed by atoms with Gasteiger partial charge in [-0.15, -0.1) is 0 Å². The van der Waals surface area contributed by atoms with Gasteiger partial charge in [0.05, 0.1) is 6.61 Å². The highest BCUT2D eigenvalue weighted by Crippen LogP contribution is 2.23. The number of nitrogens with zero attached hydrogens (tertiary/aromatic N) is 1. The van der Waals surface area contributed by atoms with E-state index in [1.165, 1.54) is 0 Å². The number of nitrogens with one attached hydrogen (secondary N) is 1. The van der Waals surface area contributed by atoms with Crippen molar-refractivity contribution in [2.24, 2.45) is 0 Å². The molecule has 0 heterocycles. The van der Waals surface area contributed by atoms with Gasteiger partial charge in [-0.2, -0.15) is 0 Å². The number of rotatable bonds is 6. The number of carbonyl (C=O) groups is 1. The zero-order valence-corrected chi connectivity index (χ0v) is 13.9. The molecule has 2 N–H and O–H groups in total. The summed E-state index contributed by atoms with van der Waals surface area (Å²) < 4.78 is 0. The first-order valence-corrected chi connectivity index (χ1v) is 7.77. The minimum absolute atomic E-state index is 0.0105. The predicted molar refractivity (Wildman–Crippen MR) is 93.4 cm³/mol. The number of aryl methyl sites for hydroxylation is 2. The highest BCUT2D eigenvalue weighted by Gasteiger charge is 2.25. The van der Waals surface area contributed by atoms with Gasteiger partial charge in [0.1, 0.15) is 6.04 Å². The Kier molecular flexibility index (Phi) is 5.90. The molecule has 122 valence electrons. The molecule has 1 atom stereocenters. The number of hydrogen-bond donors (Lipinski definition) is 2. The SMILES string of the molecule is Cc1ccc(C)c(NC(=O)C(c2ccccc2)N(C)CCO)c1. The Hall–Kier alpha value is -2.17. The molecule has 4 heteroatoms. The highest BCUT2D eigenvalue weighted by atomic mass is 16.3. The Labute approximate surface area is 137 Å². The molecule has 2 aromatic carbocycles. The van der Waals surface area contributed by atoms with Gasteiger partial charge in [0.25, 0.3) is 0 Å². The number of aliphatic hydroxyl groups excluding tert-OH is 1. The topological polar surface area (TPSA) is 52.6 Å². The Balaban J connectivity index is 2.28. The summed E-state index contributed by atoms with van der Waals surface area (Å²) in [7, 11) is 1.84. The average Bonchev–Trinajstić information content (AvgIpc) is 2.52. The van der Waals surface area contributed by atoms with E-state index in [4.69, 9.17) is 0 Å². The first-order valence-electron chi connectivity index (χ1n) is 7.77. The van der Waals surface area contributed by atoms with Gasteiger partial charge in [0.15, 0.2) is 0 Å². The quantitative estimate of drug-likeness (QED) is 0.862. The van der Waals surface area contributed by atoms with Crippen LogP contribution in [0.3, 0.4) is 0 Å².